The Morgan fingerprint density at radius 1 is 1.47 bits per heavy atom. The molecule has 0 radical (unpaired) electrons. The van der Waals surface area contributed by atoms with Crippen LogP contribution in [0.5, 0.6) is 5.75 Å². The Balaban J connectivity index is 2.76. The van der Waals surface area contributed by atoms with Crippen molar-refractivity contribution in [2.45, 2.75) is 13.0 Å². The Hall–Kier alpha value is -1.76. The summed E-state index contributed by atoms with van der Waals surface area (Å²) < 4.78 is 28.4. The van der Waals surface area contributed by atoms with Gasteiger partial charge in [-0.25, -0.2) is 0 Å². The first-order chi connectivity index (χ1) is 7.99. The highest BCUT2D eigenvalue weighted by atomic mass is 32.1. The summed E-state index contributed by atoms with van der Waals surface area (Å²) in [5.41, 5.74) is 5.33. The average Bonchev–Trinajstić information content (AvgIpc) is 2.18. The monoisotopic (exact) mass is 260 g/mol. The first-order valence-corrected chi connectivity index (χ1v) is 5.02. The number of alkyl halides is 2. The number of ether oxygens (including phenoxy) is 1. The van der Waals surface area contributed by atoms with Gasteiger partial charge in [0.2, 0.25) is 5.91 Å². The van der Waals surface area contributed by atoms with Crippen LogP contribution < -0.4 is 15.8 Å². The average molecular weight is 260 g/mol. The fourth-order valence-corrected chi connectivity index (χ4v) is 1.25. The largest absolute Gasteiger partial charge is 0.433 e. The third-order valence-corrected chi connectivity index (χ3v) is 1.86. The van der Waals surface area contributed by atoms with Crippen molar-refractivity contribution in [2.75, 3.05) is 5.32 Å². The molecule has 0 saturated carbocycles. The van der Waals surface area contributed by atoms with Crippen molar-refractivity contribution < 1.29 is 18.3 Å². The lowest BCUT2D eigenvalue weighted by atomic mass is 10.3. The summed E-state index contributed by atoms with van der Waals surface area (Å²) in [5, 5.41) is 2.38. The summed E-state index contributed by atoms with van der Waals surface area (Å²) in [4.78, 5) is 11.4. The van der Waals surface area contributed by atoms with E-state index >= 15 is 0 Å². The summed E-state index contributed by atoms with van der Waals surface area (Å²) >= 11 is 4.56. The fraction of sp³-hybridized carbons (Fsp3) is 0.200. The van der Waals surface area contributed by atoms with Crippen LogP contribution in [0.3, 0.4) is 0 Å². The van der Waals surface area contributed by atoms with E-state index in [4.69, 9.17) is 5.73 Å². The summed E-state index contributed by atoms with van der Waals surface area (Å²) in [6.07, 6.45) is -0.154. The molecular weight excluding hydrogens is 250 g/mol. The molecule has 0 unspecified atom stereocenters. The van der Waals surface area contributed by atoms with Crippen LogP contribution in [0, 0.1) is 0 Å². The molecule has 0 bridgehead atoms. The highest BCUT2D eigenvalue weighted by Crippen LogP contribution is 2.25. The van der Waals surface area contributed by atoms with E-state index in [2.05, 4.69) is 22.3 Å². The van der Waals surface area contributed by atoms with E-state index in [0.717, 1.165) is 0 Å². The van der Waals surface area contributed by atoms with Gasteiger partial charge >= 0.3 is 6.61 Å². The Bertz CT molecular complexity index is 427. The number of hydrogen-bond donors (Lipinski definition) is 2. The highest BCUT2D eigenvalue weighted by Gasteiger charge is 2.11. The fourth-order valence-electron chi connectivity index (χ4n) is 1.12. The van der Waals surface area contributed by atoms with E-state index in [-0.39, 0.29) is 22.8 Å². The molecule has 0 heterocycles. The molecule has 17 heavy (non-hydrogen) atoms. The van der Waals surface area contributed by atoms with Crippen molar-refractivity contribution in [3.8, 4) is 5.75 Å². The van der Waals surface area contributed by atoms with Crippen molar-refractivity contribution in [2.24, 2.45) is 5.73 Å². The van der Waals surface area contributed by atoms with Gasteiger partial charge in [-0.3, -0.25) is 4.79 Å². The maximum absolute atomic E-state index is 12.1. The number of carbonyl (C=O) groups excluding carboxylic acids is 1. The lowest BCUT2D eigenvalue weighted by Crippen LogP contribution is -2.20. The smallest absolute Gasteiger partial charge is 0.387 e. The molecule has 0 spiro atoms. The molecule has 0 aliphatic heterocycles. The Morgan fingerprint density at radius 2 is 2.12 bits per heavy atom. The van der Waals surface area contributed by atoms with Gasteiger partial charge in [-0.1, -0.05) is 24.4 Å². The molecular formula is C10H10F2N2O2S. The van der Waals surface area contributed by atoms with Crippen molar-refractivity contribution in [1.29, 1.82) is 0 Å². The maximum atomic E-state index is 12.1. The third kappa shape index (κ3) is 4.73. The van der Waals surface area contributed by atoms with E-state index < -0.39 is 12.5 Å². The number of benzene rings is 1. The van der Waals surface area contributed by atoms with Crippen LogP contribution in [0.15, 0.2) is 24.3 Å². The number of carbonyl (C=O) groups is 1. The molecule has 4 nitrogen and oxygen atoms in total. The van der Waals surface area contributed by atoms with Crippen molar-refractivity contribution in [1.82, 2.24) is 0 Å². The van der Waals surface area contributed by atoms with Crippen LogP contribution in [-0.2, 0) is 4.79 Å². The summed E-state index contributed by atoms with van der Waals surface area (Å²) in [7, 11) is 0. The topological polar surface area (TPSA) is 64.4 Å². The molecule has 7 heteroatoms. The quantitative estimate of drug-likeness (QED) is 0.794. The molecule has 1 aromatic carbocycles. The van der Waals surface area contributed by atoms with Crippen LogP contribution in [0.1, 0.15) is 6.42 Å². The molecule has 0 aromatic heterocycles. The second-order valence-electron chi connectivity index (χ2n) is 3.07. The summed E-state index contributed by atoms with van der Waals surface area (Å²) in [5.74, 6) is -0.596. The van der Waals surface area contributed by atoms with Crippen LogP contribution in [0.25, 0.3) is 0 Å². The van der Waals surface area contributed by atoms with Gasteiger partial charge in [0, 0.05) is 0 Å². The number of anilines is 1. The molecule has 92 valence electrons. The zero-order chi connectivity index (χ0) is 12.8. The lowest BCUT2D eigenvalue weighted by Gasteiger charge is -2.11. The van der Waals surface area contributed by atoms with Gasteiger partial charge in [0.25, 0.3) is 0 Å². The molecule has 0 aliphatic carbocycles. The predicted molar refractivity (Wildman–Crippen MR) is 63.1 cm³/mol. The number of nitrogens with one attached hydrogen (secondary N) is 1. The van der Waals surface area contributed by atoms with Crippen molar-refractivity contribution in [3.63, 3.8) is 0 Å². The first kappa shape index (κ1) is 13.3. The third-order valence-electron chi connectivity index (χ3n) is 1.71. The molecule has 3 N–H and O–H groups in total. The Morgan fingerprint density at radius 3 is 2.71 bits per heavy atom. The highest BCUT2D eigenvalue weighted by molar-refractivity contribution is 7.80. The number of hydrogen-bond acceptors (Lipinski definition) is 3. The predicted octanol–water partition coefficient (Wildman–Crippen LogP) is 1.90. The van der Waals surface area contributed by atoms with Gasteiger partial charge < -0.3 is 15.8 Å². The minimum atomic E-state index is -2.95. The molecule has 1 aromatic rings. The normalized spacial score (nSPS) is 10.1. The SMILES string of the molecule is NC(=S)CC(=O)Nc1ccccc1OC(F)F. The van der Waals surface area contributed by atoms with E-state index in [1.165, 1.54) is 18.2 Å². The van der Waals surface area contributed by atoms with Crippen molar-refractivity contribution >= 4 is 28.8 Å². The standard InChI is InChI=1S/C10H10F2N2O2S/c11-10(12)16-7-4-2-1-3-6(7)14-9(15)5-8(13)17/h1-4,10H,5H2,(H2,13,17)(H,14,15). The summed E-state index contributed by atoms with van der Waals surface area (Å²) in [6.45, 7) is -2.95. The van der Waals surface area contributed by atoms with Gasteiger partial charge in [-0.15, -0.1) is 0 Å². The van der Waals surface area contributed by atoms with E-state index in [0.29, 0.717) is 0 Å². The van der Waals surface area contributed by atoms with E-state index in [1.54, 1.807) is 6.07 Å². The van der Waals surface area contributed by atoms with E-state index in [1.807, 2.05) is 0 Å². The zero-order valence-electron chi connectivity index (χ0n) is 8.65. The van der Waals surface area contributed by atoms with Crippen LogP contribution in [0.4, 0.5) is 14.5 Å². The van der Waals surface area contributed by atoms with E-state index in [9.17, 15) is 13.6 Å². The number of thiocarbonyl (C=S) groups is 1. The number of para-hydroxylation sites is 2. The van der Waals surface area contributed by atoms with Gasteiger partial charge in [0.15, 0.2) is 0 Å². The second kappa shape index (κ2) is 6.09. The number of nitrogens with two attached hydrogens (primary N) is 1. The Kier molecular flexibility index (Phi) is 4.77. The minimum absolute atomic E-state index is 0.0229. The van der Waals surface area contributed by atoms with Gasteiger partial charge in [0.05, 0.1) is 17.1 Å². The van der Waals surface area contributed by atoms with Gasteiger partial charge in [-0.2, -0.15) is 8.78 Å². The number of amides is 1. The van der Waals surface area contributed by atoms with Crippen LogP contribution in [0.2, 0.25) is 0 Å². The Labute approximate surface area is 102 Å². The molecule has 0 aliphatic rings. The van der Waals surface area contributed by atoms with Gasteiger partial charge in [-0.05, 0) is 12.1 Å². The summed E-state index contributed by atoms with van der Waals surface area (Å²) in [6, 6.07) is 5.85. The molecule has 1 amide bonds. The molecule has 0 fully saturated rings. The minimum Gasteiger partial charge on any atom is -0.433 e. The molecule has 0 atom stereocenters. The number of rotatable bonds is 5. The number of halogens is 2. The molecule has 1 rings (SSSR count). The van der Waals surface area contributed by atoms with Crippen molar-refractivity contribution in [3.05, 3.63) is 24.3 Å². The zero-order valence-corrected chi connectivity index (χ0v) is 9.47. The van der Waals surface area contributed by atoms with Crippen LogP contribution in [-0.4, -0.2) is 17.5 Å². The van der Waals surface area contributed by atoms with Gasteiger partial charge in [0.1, 0.15) is 5.75 Å². The first-order valence-electron chi connectivity index (χ1n) is 4.61. The molecule has 0 saturated heterocycles. The maximum Gasteiger partial charge on any atom is 0.387 e. The van der Waals surface area contributed by atoms with Crippen LogP contribution >= 0.6 is 12.2 Å². The lowest BCUT2D eigenvalue weighted by molar-refractivity contribution is -0.115. The second-order valence-corrected chi connectivity index (χ2v) is 3.59.